The summed E-state index contributed by atoms with van der Waals surface area (Å²) in [7, 11) is 3.10. The molecule has 7 nitrogen and oxygen atoms in total. The van der Waals surface area contributed by atoms with Crippen LogP contribution in [-0.2, 0) is 4.79 Å². The minimum atomic E-state index is -0.366. The van der Waals surface area contributed by atoms with Gasteiger partial charge in [0, 0.05) is 29.3 Å². The number of carbonyl (C=O) groups excluding carboxylic acids is 2. The van der Waals surface area contributed by atoms with E-state index in [2.05, 4.69) is 31.8 Å². The highest BCUT2D eigenvalue weighted by molar-refractivity contribution is 9.10. The number of rotatable bonds is 8. The topological polar surface area (TPSA) is 89.0 Å². The van der Waals surface area contributed by atoms with Crippen LogP contribution in [0, 0.1) is 0 Å². The maximum atomic E-state index is 12.2. The average molecular weight is 448 g/mol. The van der Waals surface area contributed by atoms with Crippen LogP contribution in [0.5, 0.6) is 11.5 Å². The Morgan fingerprint density at radius 3 is 2.39 bits per heavy atom. The number of nitrogens with one attached hydrogen (secondary N) is 2. The standard InChI is InChI=1S/C20H22BrN3O4/c1-4-5-19(25)23-15-8-6-13(7-9-15)20(26)24-22-12-14-10-16(21)18(28-3)11-17(14)27-2/h6-12H,4-5H2,1-3H3,(H,23,25)(H,24,26). The lowest BCUT2D eigenvalue weighted by molar-refractivity contribution is -0.116. The molecule has 0 bridgehead atoms. The van der Waals surface area contributed by atoms with Crippen molar-refractivity contribution in [1.29, 1.82) is 0 Å². The van der Waals surface area contributed by atoms with Crippen molar-refractivity contribution in [1.82, 2.24) is 5.43 Å². The van der Waals surface area contributed by atoms with Gasteiger partial charge < -0.3 is 14.8 Å². The molecule has 0 fully saturated rings. The molecule has 0 aliphatic heterocycles. The Kier molecular flexibility index (Phi) is 8.01. The summed E-state index contributed by atoms with van der Waals surface area (Å²) >= 11 is 3.40. The van der Waals surface area contributed by atoms with Crippen molar-refractivity contribution in [3.05, 3.63) is 52.0 Å². The Hall–Kier alpha value is -2.87. The molecule has 0 aromatic heterocycles. The summed E-state index contributed by atoms with van der Waals surface area (Å²) in [4.78, 5) is 23.8. The zero-order valence-electron chi connectivity index (χ0n) is 15.9. The summed E-state index contributed by atoms with van der Waals surface area (Å²) in [6.07, 6.45) is 2.72. The third-order valence-electron chi connectivity index (χ3n) is 3.78. The lowest BCUT2D eigenvalue weighted by Crippen LogP contribution is -2.18. The van der Waals surface area contributed by atoms with E-state index in [-0.39, 0.29) is 11.8 Å². The van der Waals surface area contributed by atoms with Gasteiger partial charge in [0.2, 0.25) is 5.91 Å². The Labute approximate surface area is 172 Å². The number of benzene rings is 2. The van der Waals surface area contributed by atoms with Gasteiger partial charge in [0.1, 0.15) is 11.5 Å². The molecule has 2 amide bonds. The second-order valence-corrected chi connectivity index (χ2v) is 6.66. The van der Waals surface area contributed by atoms with Crippen LogP contribution >= 0.6 is 15.9 Å². The SMILES string of the molecule is CCCC(=O)Nc1ccc(C(=O)NN=Cc2cc(Br)c(OC)cc2OC)cc1. The van der Waals surface area contributed by atoms with Gasteiger partial charge in [0.05, 0.1) is 24.9 Å². The lowest BCUT2D eigenvalue weighted by Gasteiger charge is -2.09. The Bertz CT molecular complexity index is 866. The largest absolute Gasteiger partial charge is 0.496 e. The highest BCUT2D eigenvalue weighted by Gasteiger charge is 2.09. The van der Waals surface area contributed by atoms with Gasteiger partial charge in [-0.15, -0.1) is 0 Å². The number of nitrogens with zero attached hydrogens (tertiary/aromatic N) is 1. The molecule has 0 atom stereocenters. The number of hydrogen-bond donors (Lipinski definition) is 2. The van der Waals surface area contributed by atoms with Crippen molar-refractivity contribution in [2.45, 2.75) is 19.8 Å². The second-order valence-electron chi connectivity index (χ2n) is 5.80. The number of amides is 2. The molecule has 0 aliphatic carbocycles. The summed E-state index contributed by atoms with van der Waals surface area (Å²) in [5, 5.41) is 6.75. The van der Waals surface area contributed by atoms with Gasteiger partial charge >= 0.3 is 0 Å². The van der Waals surface area contributed by atoms with E-state index in [9.17, 15) is 9.59 Å². The van der Waals surface area contributed by atoms with Crippen molar-refractivity contribution in [3.8, 4) is 11.5 Å². The number of halogens is 1. The summed E-state index contributed by atoms with van der Waals surface area (Å²) in [6, 6.07) is 10.1. The molecule has 28 heavy (non-hydrogen) atoms. The number of hydrogen-bond acceptors (Lipinski definition) is 5. The number of carbonyl (C=O) groups is 2. The first-order chi connectivity index (χ1) is 13.5. The van der Waals surface area contributed by atoms with Crippen LogP contribution in [0.4, 0.5) is 5.69 Å². The first-order valence-corrected chi connectivity index (χ1v) is 9.42. The molecule has 148 valence electrons. The quantitative estimate of drug-likeness (QED) is 0.473. The molecule has 8 heteroatoms. The summed E-state index contributed by atoms with van der Waals surface area (Å²) in [6.45, 7) is 1.94. The molecule has 2 aromatic rings. The first kappa shape index (κ1) is 21.4. The van der Waals surface area contributed by atoms with Gasteiger partial charge in [0.15, 0.2) is 0 Å². The van der Waals surface area contributed by atoms with E-state index < -0.39 is 0 Å². The summed E-state index contributed by atoms with van der Waals surface area (Å²) in [5.41, 5.74) is 4.21. The number of hydrazone groups is 1. The smallest absolute Gasteiger partial charge is 0.271 e. The van der Waals surface area contributed by atoms with Gasteiger partial charge in [-0.1, -0.05) is 6.92 Å². The number of anilines is 1. The second kappa shape index (κ2) is 10.5. The predicted molar refractivity (Wildman–Crippen MR) is 112 cm³/mol. The summed E-state index contributed by atoms with van der Waals surface area (Å²) < 4.78 is 11.3. The van der Waals surface area contributed by atoms with E-state index in [1.54, 1.807) is 50.6 Å². The highest BCUT2D eigenvalue weighted by atomic mass is 79.9. The third kappa shape index (κ3) is 5.82. The van der Waals surface area contributed by atoms with Gasteiger partial charge in [-0.2, -0.15) is 5.10 Å². The van der Waals surface area contributed by atoms with Gasteiger partial charge in [-0.3, -0.25) is 9.59 Å². The van der Waals surface area contributed by atoms with Gasteiger partial charge in [0.25, 0.3) is 5.91 Å². The summed E-state index contributed by atoms with van der Waals surface area (Å²) in [5.74, 6) is 0.771. The van der Waals surface area contributed by atoms with E-state index in [0.717, 1.165) is 10.9 Å². The Morgan fingerprint density at radius 2 is 1.79 bits per heavy atom. The Morgan fingerprint density at radius 1 is 1.11 bits per heavy atom. The average Bonchev–Trinajstić information content (AvgIpc) is 2.68. The first-order valence-electron chi connectivity index (χ1n) is 8.63. The van der Waals surface area contributed by atoms with E-state index >= 15 is 0 Å². The molecular formula is C20H22BrN3O4. The van der Waals surface area contributed by atoms with Crippen LogP contribution in [0.25, 0.3) is 0 Å². The molecule has 0 saturated carbocycles. The van der Waals surface area contributed by atoms with Gasteiger partial charge in [-0.05, 0) is 52.7 Å². The minimum Gasteiger partial charge on any atom is -0.496 e. The molecule has 0 aliphatic rings. The lowest BCUT2D eigenvalue weighted by atomic mass is 10.2. The molecule has 2 rings (SSSR count). The van der Waals surface area contributed by atoms with Crippen LogP contribution in [0.2, 0.25) is 0 Å². The van der Waals surface area contributed by atoms with Crippen LogP contribution in [0.15, 0.2) is 46.0 Å². The fourth-order valence-electron chi connectivity index (χ4n) is 2.36. The minimum absolute atomic E-state index is 0.0519. The van der Waals surface area contributed by atoms with Crippen molar-refractivity contribution < 1.29 is 19.1 Å². The molecular weight excluding hydrogens is 426 g/mol. The van der Waals surface area contributed by atoms with Crippen LogP contribution in [-0.4, -0.2) is 32.2 Å². The molecule has 2 aromatic carbocycles. The Balaban J connectivity index is 2.02. The zero-order chi connectivity index (χ0) is 20.5. The predicted octanol–water partition coefficient (Wildman–Crippen LogP) is 3.97. The maximum absolute atomic E-state index is 12.2. The van der Waals surface area contributed by atoms with E-state index in [1.165, 1.54) is 6.21 Å². The monoisotopic (exact) mass is 447 g/mol. The van der Waals surface area contributed by atoms with Gasteiger partial charge in [-0.25, -0.2) is 5.43 Å². The molecule has 0 saturated heterocycles. The third-order valence-corrected chi connectivity index (χ3v) is 4.40. The van der Waals surface area contributed by atoms with Crippen LogP contribution in [0.3, 0.4) is 0 Å². The van der Waals surface area contributed by atoms with E-state index in [0.29, 0.717) is 34.7 Å². The molecule has 0 unspecified atom stereocenters. The molecule has 2 N–H and O–H groups in total. The van der Waals surface area contributed by atoms with Crippen molar-refractivity contribution in [3.63, 3.8) is 0 Å². The van der Waals surface area contributed by atoms with E-state index in [1.807, 2.05) is 6.92 Å². The van der Waals surface area contributed by atoms with E-state index in [4.69, 9.17) is 9.47 Å². The van der Waals surface area contributed by atoms with Crippen molar-refractivity contribution >= 4 is 39.6 Å². The molecule has 0 radical (unpaired) electrons. The van der Waals surface area contributed by atoms with Crippen LogP contribution in [0.1, 0.15) is 35.7 Å². The normalized spacial score (nSPS) is 10.6. The zero-order valence-corrected chi connectivity index (χ0v) is 17.5. The maximum Gasteiger partial charge on any atom is 0.271 e. The highest BCUT2D eigenvalue weighted by Crippen LogP contribution is 2.31. The van der Waals surface area contributed by atoms with Crippen molar-refractivity contribution in [2.75, 3.05) is 19.5 Å². The molecule has 0 heterocycles. The van der Waals surface area contributed by atoms with Crippen LogP contribution < -0.4 is 20.2 Å². The fourth-order valence-corrected chi connectivity index (χ4v) is 2.89. The number of methoxy groups -OCH3 is 2. The fraction of sp³-hybridized carbons (Fsp3) is 0.250. The van der Waals surface area contributed by atoms with Crippen molar-refractivity contribution in [2.24, 2.45) is 5.10 Å². The number of ether oxygens (including phenoxy) is 2. The molecule has 0 spiro atoms.